The van der Waals surface area contributed by atoms with E-state index >= 15 is 0 Å². The molecular weight excluding hydrogens is 385 g/mol. The number of rotatable bonds is 4. The number of alkyl carbamates (subject to hydrolysis) is 1. The van der Waals surface area contributed by atoms with Crippen molar-refractivity contribution >= 4 is 34.7 Å². The molecule has 1 aliphatic rings. The molecule has 5 nitrogen and oxygen atoms in total. The molecule has 1 aliphatic heterocycles. The molecule has 0 saturated carbocycles. The van der Waals surface area contributed by atoms with Gasteiger partial charge in [-0.2, -0.15) is 0 Å². The smallest absolute Gasteiger partial charge is 0.408 e. The van der Waals surface area contributed by atoms with Gasteiger partial charge in [-0.15, -0.1) is 0 Å². The van der Waals surface area contributed by atoms with Crippen LogP contribution in [0.4, 0.5) is 4.79 Å². The third-order valence-corrected chi connectivity index (χ3v) is 4.48. The molecular formula is C15H18INO4. The van der Waals surface area contributed by atoms with Crippen LogP contribution in [0.1, 0.15) is 19.4 Å². The van der Waals surface area contributed by atoms with E-state index in [1.54, 1.807) is 0 Å². The van der Waals surface area contributed by atoms with Crippen LogP contribution >= 0.6 is 22.6 Å². The summed E-state index contributed by atoms with van der Waals surface area (Å²) in [7, 11) is 0. The monoisotopic (exact) mass is 403 g/mol. The van der Waals surface area contributed by atoms with Crippen molar-refractivity contribution in [3.05, 3.63) is 35.9 Å². The van der Waals surface area contributed by atoms with E-state index in [9.17, 15) is 9.59 Å². The van der Waals surface area contributed by atoms with Crippen molar-refractivity contribution in [2.75, 3.05) is 4.43 Å². The molecule has 6 heteroatoms. The molecule has 1 amide bonds. The Hall–Kier alpha value is -1.31. The van der Waals surface area contributed by atoms with Gasteiger partial charge in [-0.25, -0.2) is 9.59 Å². The van der Waals surface area contributed by atoms with Gasteiger partial charge in [0, 0.05) is 9.84 Å². The molecule has 2 atom stereocenters. The fourth-order valence-corrected chi connectivity index (χ4v) is 3.52. The molecule has 1 fully saturated rings. The Morgan fingerprint density at radius 1 is 1.38 bits per heavy atom. The average molecular weight is 403 g/mol. The van der Waals surface area contributed by atoms with Gasteiger partial charge < -0.3 is 14.8 Å². The molecule has 0 bridgehead atoms. The topological polar surface area (TPSA) is 64.6 Å². The van der Waals surface area contributed by atoms with Crippen LogP contribution in [0.3, 0.4) is 0 Å². The zero-order valence-corrected chi connectivity index (χ0v) is 14.1. The lowest BCUT2D eigenvalue weighted by atomic mass is 9.82. The van der Waals surface area contributed by atoms with E-state index in [0.717, 1.165) is 5.56 Å². The number of halogens is 1. The zero-order chi connectivity index (χ0) is 15.5. The number of cyclic esters (lactones) is 1. The molecule has 0 aromatic heterocycles. The Morgan fingerprint density at radius 3 is 2.62 bits per heavy atom. The van der Waals surface area contributed by atoms with Crippen LogP contribution in [-0.4, -0.2) is 28.6 Å². The predicted molar refractivity (Wildman–Crippen MR) is 86.1 cm³/mol. The maximum Gasteiger partial charge on any atom is 0.408 e. The number of amides is 1. The van der Waals surface area contributed by atoms with E-state index in [1.165, 1.54) is 0 Å². The van der Waals surface area contributed by atoms with Crippen molar-refractivity contribution in [3.63, 3.8) is 0 Å². The predicted octanol–water partition coefficient (Wildman–Crippen LogP) is 2.67. The number of ether oxygens (including phenoxy) is 2. The fraction of sp³-hybridized carbons (Fsp3) is 0.467. The first-order chi connectivity index (χ1) is 9.95. The van der Waals surface area contributed by atoms with Crippen LogP contribution in [-0.2, 0) is 20.9 Å². The second-order valence-electron chi connectivity index (χ2n) is 5.54. The Kier molecular flexibility index (Phi) is 5.08. The fourth-order valence-electron chi connectivity index (χ4n) is 2.21. The van der Waals surface area contributed by atoms with Gasteiger partial charge in [0.1, 0.15) is 18.8 Å². The SMILES string of the molecule is CC1(C)[C@@H](CI)OC(=O)[C@@H]1NC(=O)OCc1ccccc1. The Morgan fingerprint density at radius 2 is 2.05 bits per heavy atom. The van der Waals surface area contributed by atoms with Gasteiger partial charge in [-0.3, -0.25) is 0 Å². The number of nitrogens with one attached hydrogen (secondary N) is 1. The van der Waals surface area contributed by atoms with E-state index in [4.69, 9.17) is 9.47 Å². The summed E-state index contributed by atoms with van der Waals surface area (Å²) in [5.41, 5.74) is 0.440. The van der Waals surface area contributed by atoms with Gasteiger partial charge in [0.25, 0.3) is 0 Å². The summed E-state index contributed by atoms with van der Waals surface area (Å²) in [5, 5.41) is 2.61. The average Bonchev–Trinajstić information content (AvgIpc) is 2.69. The van der Waals surface area contributed by atoms with Gasteiger partial charge in [0.2, 0.25) is 0 Å². The third kappa shape index (κ3) is 3.66. The van der Waals surface area contributed by atoms with Crippen molar-refractivity contribution in [2.45, 2.75) is 32.6 Å². The first-order valence-electron chi connectivity index (χ1n) is 6.69. The number of hydrogen-bond donors (Lipinski definition) is 1. The normalized spacial score (nSPS) is 23.5. The lowest BCUT2D eigenvalue weighted by Gasteiger charge is -2.27. The van der Waals surface area contributed by atoms with Gasteiger partial charge in [-0.1, -0.05) is 66.8 Å². The highest BCUT2D eigenvalue weighted by Gasteiger charge is 2.51. The van der Waals surface area contributed by atoms with Gasteiger partial charge in [0.15, 0.2) is 0 Å². The first-order valence-corrected chi connectivity index (χ1v) is 8.21. The molecule has 1 heterocycles. The largest absolute Gasteiger partial charge is 0.459 e. The summed E-state index contributed by atoms with van der Waals surface area (Å²) >= 11 is 2.17. The number of carbonyl (C=O) groups is 2. The van der Waals surface area contributed by atoms with Crippen molar-refractivity contribution in [3.8, 4) is 0 Å². The number of hydrogen-bond acceptors (Lipinski definition) is 4. The molecule has 114 valence electrons. The minimum Gasteiger partial charge on any atom is -0.459 e. The van der Waals surface area contributed by atoms with E-state index in [-0.39, 0.29) is 12.7 Å². The molecule has 1 N–H and O–H groups in total. The molecule has 0 unspecified atom stereocenters. The van der Waals surface area contributed by atoms with Gasteiger partial charge in [0.05, 0.1) is 0 Å². The molecule has 0 aliphatic carbocycles. The van der Waals surface area contributed by atoms with Crippen LogP contribution in [0.2, 0.25) is 0 Å². The Bertz CT molecular complexity index is 518. The van der Waals surface area contributed by atoms with Crippen LogP contribution in [0.5, 0.6) is 0 Å². The summed E-state index contributed by atoms with van der Waals surface area (Å²) < 4.78 is 11.1. The van der Waals surface area contributed by atoms with Crippen molar-refractivity contribution < 1.29 is 19.1 Å². The van der Waals surface area contributed by atoms with Crippen LogP contribution in [0.15, 0.2) is 30.3 Å². The maximum absolute atomic E-state index is 11.9. The van der Waals surface area contributed by atoms with E-state index in [2.05, 4.69) is 27.9 Å². The Labute approximate surface area is 137 Å². The van der Waals surface area contributed by atoms with Crippen LogP contribution in [0, 0.1) is 5.41 Å². The second-order valence-corrected chi connectivity index (χ2v) is 6.42. The minimum atomic E-state index is -0.680. The van der Waals surface area contributed by atoms with Gasteiger partial charge >= 0.3 is 12.1 Å². The first kappa shape index (κ1) is 16.1. The Balaban J connectivity index is 1.92. The van der Waals surface area contributed by atoms with Gasteiger partial charge in [-0.05, 0) is 5.56 Å². The number of carbonyl (C=O) groups excluding carboxylic acids is 2. The lowest BCUT2D eigenvalue weighted by Crippen LogP contribution is -2.48. The van der Waals surface area contributed by atoms with Crippen LogP contribution in [0.25, 0.3) is 0 Å². The number of benzene rings is 1. The molecule has 2 rings (SSSR count). The highest BCUT2D eigenvalue weighted by molar-refractivity contribution is 14.1. The highest BCUT2D eigenvalue weighted by atomic mass is 127. The van der Waals surface area contributed by atoms with Crippen molar-refractivity contribution in [2.24, 2.45) is 5.41 Å². The molecule has 21 heavy (non-hydrogen) atoms. The van der Waals surface area contributed by atoms with E-state index in [1.807, 2.05) is 44.2 Å². The van der Waals surface area contributed by atoms with Crippen molar-refractivity contribution in [1.29, 1.82) is 0 Å². The number of esters is 1. The summed E-state index contributed by atoms with van der Waals surface area (Å²) in [6, 6.07) is 8.70. The minimum absolute atomic E-state index is 0.171. The maximum atomic E-state index is 11.9. The standard InChI is InChI=1S/C15H18INO4/c1-15(2)11(8-16)21-13(18)12(15)17-14(19)20-9-10-6-4-3-5-7-10/h3-7,11-12H,8-9H2,1-2H3,(H,17,19)/t11-,12+/m1/s1. The summed E-state index contributed by atoms with van der Waals surface area (Å²) in [6.07, 6.45) is -0.812. The molecule has 0 spiro atoms. The van der Waals surface area contributed by atoms with E-state index in [0.29, 0.717) is 4.43 Å². The summed E-state index contributed by atoms with van der Waals surface area (Å²) in [5.74, 6) is -0.404. The molecule has 1 saturated heterocycles. The highest BCUT2D eigenvalue weighted by Crippen LogP contribution is 2.36. The van der Waals surface area contributed by atoms with Crippen LogP contribution < -0.4 is 5.32 Å². The zero-order valence-electron chi connectivity index (χ0n) is 12.0. The third-order valence-electron chi connectivity index (χ3n) is 3.68. The number of alkyl halides is 1. The second kappa shape index (κ2) is 6.64. The molecule has 0 radical (unpaired) electrons. The van der Waals surface area contributed by atoms with E-state index < -0.39 is 23.5 Å². The van der Waals surface area contributed by atoms with Crippen molar-refractivity contribution in [1.82, 2.24) is 5.32 Å². The lowest BCUT2D eigenvalue weighted by molar-refractivity contribution is -0.142. The summed E-state index contributed by atoms with van der Waals surface area (Å²) in [4.78, 5) is 23.7. The quantitative estimate of drug-likeness (QED) is 0.477. The molecule has 1 aromatic carbocycles. The summed E-state index contributed by atoms with van der Waals surface area (Å²) in [6.45, 7) is 3.98. The molecule has 1 aromatic rings.